The summed E-state index contributed by atoms with van der Waals surface area (Å²) in [5.41, 5.74) is 3.82. The Morgan fingerprint density at radius 1 is 1.15 bits per heavy atom. The minimum Gasteiger partial charge on any atom is -0.381 e. The highest BCUT2D eigenvalue weighted by Gasteiger charge is 2.27. The van der Waals surface area contributed by atoms with Crippen LogP contribution in [0.3, 0.4) is 0 Å². The minimum atomic E-state index is -0.387. The van der Waals surface area contributed by atoms with E-state index in [2.05, 4.69) is 15.4 Å². The van der Waals surface area contributed by atoms with Crippen LogP contribution in [0.25, 0.3) is 0 Å². The third-order valence-corrected chi connectivity index (χ3v) is 8.49. The number of carbonyl (C=O) groups is 1. The molecular formula is C31H41ClFN5O2. The maximum atomic E-state index is 15.0. The van der Waals surface area contributed by atoms with Crippen molar-refractivity contribution in [3.05, 3.63) is 52.2 Å². The van der Waals surface area contributed by atoms with Crippen molar-refractivity contribution in [2.24, 2.45) is 23.7 Å². The van der Waals surface area contributed by atoms with Crippen LogP contribution in [0.15, 0.2) is 24.4 Å². The van der Waals surface area contributed by atoms with Crippen LogP contribution in [0.1, 0.15) is 93.4 Å². The van der Waals surface area contributed by atoms with Gasteiger partial charge >= 0.3 is 0 Å². The van der Waals surface area contributed by atoms with Crippen LogP contribution in [-0.4, -0.2) is 35.6 Å². The van der Waals surface area contributed by atoms with Crippen LogP contribution >= 0.6 is 11.6 Å². The van der Waals surface area contributed by atoms with Crippen LogP contribution in [0, 0.1) is 40.8 Å². The van der Waals surface area contributed by atoms with Crippen molar-refractivity contribution in [2.45, 2.75) is 78.1 Å². The molecular weight excluding hydrogens is 529 g/mol. The largest absolute Gasteiger partial charge is 0.381 e. The smallest absolute Gasteiger partial charge is 0.269 e. The number of anilines is 1. The Morgan fingerprint density at radius 3 is 2.75 bits per heavy atom. The number of amides is 1. The van der Waals surface area contributed by atoms with Crippen molar-refractivity contribution in [3.8, 4) is 6.07 Å². The molecule has 9 heteroatoms. The molecule has 7 nitrogen and oxygen atoms in total. The molecule has 1 amide bonds. The summed E-state index contributed by atoms with van der Waals surface area (Å²) in [6.07, 6.45) is 12.6. The minimum absolute atomic E-state index is 0.0417. The third-order valence-electron chi connectivity index (χ3n) is 8.23. The molecule has 1 aromatic carbocycles. The maximum absolute atomic E-state index is 15.0. The van der Waals surface area contributed by atoms with E-state index in [1.165, 1.54) is 55.4 Å². The number of carbonyl (C=O) groups excluding carboxylic acids is 1. The fourth-order valence-electron chi connectivity index (χ4n) is 6.17. The highest BCUT2D eigenvalue weighted by molar-refractivity contribution is 6.32. The molecule has 2 heterocycles. The summed E-state index contributed by atoms with van der Waals surface area (Å²) in [6.45, 7) is 6.18. The zero-order chi connectivity index (χ0) is 28.5. The molecule has 2 aromatic rings. The first-order valence-corrected chi connectivity index (χ1v) is 15.1. The van der Waals surface area contributed by atoms with E-state index in [1.54, 1.807) is 6.07 Å². The lowest BCUT2D eigenvalue weighted by molar-refractivity contribution is 0.0838. The van der Waals surface area contributed by atoms with Crippen molar-refractivity contribution in [1.82, 2.24) is 15.4 Å². The molecule has 1 aliphatic carbocycles. The van der Waals surface area contributed by atoms with Gasteiger partial charge in [0.25, 0.3) is 5.91 Å². The van der Waals surface area contributed by atoms with Crippen LogP contribution in [0.4, 0.5) is 10.2 Å². The maximum Gasteiger partial charge on any atom is 0.269 e. The summed E-state index contributed by atoms with van der Waals surface area (Å²) in [5.74, 6) is 1.59. The van der Waals surface area contributed by atoms with Gasteiger partial charge in [-0.2, -0.15) is 10.2 Å². The lowest BCUT2D eigenvalue weighted by atomic mass is 9.80. The van der Waals surface area contributed by atoms with Gasteiger partial charge in [-0.05, 0) is 79.5 Å². The van der Waals surface area contributed by atoms with Crippen molar-refractivity contribution in [3.63, 3.8) is 0 Å². The average Bonchev–Trinajstić information content (AvgIpc) is 3.15. The number of halogens is 2. The second-order valence-corrected chi connectivity index (χ2v) is 12.1. The normalized spacial score (nSPS) is 22.1. The van der Waals surface area contributed by atoms with E-state index in [-0.39, 0.29) is 34.3 Å². The lowest BCUT2D eigenvalue weighted by Crippen LogP contribution is -2.45. The monoisotopic (exact) mass is 569 g/mol. The van der Waals surface area contributed by atoms with Crippen molar-refractivity contribution in [1.29, 1.82) is 5.26 Å². The highest BCUT2D eigenvalue weighted by Crippen LogP contribution is 2.37. The summed E-state index contributed by atoms with van der Waals surface area (Å²) < 4.78 is 20.7. The molecule has 40 heavy (non-hydrogen) atoms. The second kappa shape index (κ2) is 14.7. The van der Waals surface area contributed by atoms with Gasteiger partial charge in [0.2, 0.25) is 5.82 Å². The Morgan fingerprint density at radius 2 is 1.95 bits per heavy atom. The molecule has 216 valence electrons. The second-order valence-electron chi connectivity index (χ2n) is 11.7. The van der Waals surface area contributed by atoms with Crippen molar-refractivity contribution < 1.29 is 13.9 Å². The van der Waals surface area contributed by atoms with Crippen LogP contribution in [0.5, 0.6) is 0 Å². The summed E-state index contributed by atoms with van der Waals surface area (Å²) in [4.78, 5) is 21.4. The zero-order valence-corrected chi connectivity index (χ0v) is 24.4. The van der Waals surface area contributed by atoms with Gasteiger partial charge in [-0.1, -0.05) is 57.6 Å². The predicted molar refractivity (Wildman–Crippen MR) is 154 cm³/mol. The van der Waals surface area contributed by atoms with E-state index in [9.17, 15) is 14.4 Å². The fraction of sp³-hybridized carbons (Fsp3) is 0.613. The van der Waals surface area contributed by atoms with E-state index >= 15 is 0 Å². The first-order valence-electron chi connectivity index (χ1n) is 14.7. The molecule has 0 bridgehead atoms. The number of hydrogen-bond donors (Lipinski definition) is 1. The molecule has 1 aliphatic heterocycles. The van der Waals surface area contributed by atoms with Crippen LogP contribution in [-0.2, 0) is 11.2 Å². The number of hydrazine groups is 1. The standard InChI is InChI=1S/C31H41ClFN5O2/c1-21(2)20-38(30-27(32)19-35-29(18-34)36-30)37-31(39)25-11-12-28(33)26(17-25)16-22-6-5-8-23(10-9-22)24-7-3-4-14-40-15-13-24/h11-12,17,19,21-24H,3-10,13-16,20H2,1-2H3,(H,37,39). The Labute approximate surface area is 242 Å². The number of ether oxygens (including phenoxy) is 1. The molecule has 0 radical (unpaired) electrons. The first kappa shape index (κ1) is 30.2. The summed E-state index contributed by atoms with van der Waals surface area (Å²) in [5, 5.41) is 11.0. The van der Waals surface area contributed by atoms with Gasteiger partial charge in [0.15, 0.2) is 5.82 Å². The van der Waals surface area contributed by atoms with E-state index in [0.29, 0.717) is 30.0 Å². The number of rotatable bonds is 8. The average molecular weight is 570 g/mol. The van der Waals surface area contributed by atoms with Crippen molar-refractivity contribution >= 4 is 23.3 Å². The van der Waals surface area contributed by atoms with E-state index in [0.717, 1.165) is 50.7 Å². The number of nitriles is 1. The van der Waals surface area contributed by atoms with Crippen LogP contribution in [0.2, 0.25) is 5.02 Å². The molecule has 1 N–H and O–H groups in total. The molecule has 4 rings (SSSR count). The quantitative estimate of drug-likeness (QED) is 0.275. The SMILES string of the molecule is CC(C)CN(NC(=O)c1ccc(F)c(CC2CCCC(C3CCCCOCC3)CC2)c1)c1nc(C#N)ncc1Cl. The molecule has 1 saturated heterocycles. The number of aromatic nitrogens is 2. The molecule has 1 aromatic heterocycles. The summed E-state index contributed by atoms with van der Waals surface area (Å²) in [7, 11) is 0. The van der Waals surface area contributed by atoms with E-state index in [4.69, 9.17) is 16.3 Å². The number of benzene rings is 1. The van der Waals surface area contributed by atoms with Gasteiger partial charge in [-0.25, -0.2) is 9.37 Å². The Hall–Kier alpha value is -2.76. The molecule has 0 spiro atoms. The number of nitrogens with zero attached hydrogens (tertiary/aromatic N) is 4. The summed E-state index contributed by atoms with van der Waals surface area (Å²) >= 11 is 6.32. The molecule has 1 saturated carbocycles. The molecule has 3 unspecified atom stereocenters. The van der Waals surface area contributed by atoms with Crippen molar-refractivity contribution in [2.75, 3.05) is 24.8 Å². The summed E-state index contributed by atoms with van der Waals surface area (Å²) in [6, 6.07) is 6.47. The van der Waals surface area contributed by atoms with Gasteiger partial charge in [-0.3, -0.25) is 15.2 Å². The number of hydrogen-bond acceptors (Lipinski definition) is 6. The molecule has 2 aliphatic rings. The van der Waals surface area contributed by atoms with E-state index < -0.39 is 0 Å². The van der Waals surface area contributed by atoms with Gasteiger partial charge in [0, 0.05) is 25.3 Å². The molecule has 2 fully saturated rings. The van der Waals surface area contributed by atoms with E-state index in [1.807, 2.05) is 19.9 Å². The number of nitrogens with one attached hydrogen (secondary N) is 1. The van der Waals surface area contributed by atoms with Gasteiger partial charge < -0.3 is 4.74 Å². The first-order chi connectivity index (χ1) is 19.3. The lowest BCUT2D eigenvalue weighted by Gasteiger charge is -2.28. The van der Waals surface area contributed by atoms with Gasteiger partial charge in [0.1, 0.15) is 16.9 Å². The predicted octanol–water partition coefficient (Wildman–Crippen LogP) is 6.89. The van der Waals surface area contributed by atoms with Gasteiger partial charge in [0.05, 0.1) is 6.20 Å². The van der Waals surface area contributed by atoms with Gasteiger partial charge in [-0.15, -0.1) is 0 Å². The Balaban J connectivity index is 1.43. The zero-order valence-electron chi connectivity index (χ0n) is 23.7. The van der Waals surface area contributed by atoms with Crippen LogP contribution < -0.4 is 10.4 Å². The fourth-order valence-corrected chi connectivity index (χ4v) is 6.36. The molecule has 3 atom stereocenters. The Bertz CT molecular complexity index is 1180. The Kier molecular flexibility index (Phi) is 11.1. The topological polar surface area (TPSA) is 91.1 Å². The third kappa shape index (κ3) is 8.37. The highest BCUT2D eigenvalue weighted by atomic mass is 35.5.